The second-order valence-corrected chi connectivity index (χ2v) is 10.0. The van der Waals surface area contributed by atoms with Crippen LogP contribution in [0.25, 0.3) is 44.5 Å². The van der Waals surface area contributed by atoms with Gasteiger partial charge in [0.25, 0.3) is 0 Å². The van der Waals surface area contributed by atoms with E-state index in [1.165, 1.54) is 18.9 Å². The molecule has 0 unspecified atom stereocenters. The SMILES string of the molecule is FC(F)(F)c1cccc(-n2c3c4cc(-c5ccc(NCCN6CCCC6)nc5)ccc4ncc3n3cnnc23)c1. The smallest absolute Gasteiger partial charge is 0.369 e. The molecule has 202 valence electrons. The van der Waals surface area contributed by atoms with Gasteiger partial charge in [-0.1, -0.05) is 12.1 Å². The Morgan fingerprint density at radius 3 is 2.55 bits per heavy atom. The number of nitrogens with one attached hydrogen (secondary N) is 1. The molecule has 0 radical (unpaired) electrons. The number of fused-ring (bicyclic) bond motifs is 5. The molecule has 4 aromatic heterocycles. The minimum Gasteiger partial charge on any atom is -0.369 e. The van der Waals surface area contributed by atoms with Crippen LogP contribution in [0.4, 0.5) is 19.0 Å². The lowest BCUT2D eigenvalue weighted by molar-refractivity contribution is -0.137. The van der Waals surface area contributed by atoms with Crippen LogP contribution in [0.3, 0.4) is 0 Å². The summed E-state index contributed by atoms with van der Waals surface area (Å²) in [6.07, 6.45) is 3.14. The number of alkyl halides is 3. The number of pyridine rings is 2. The first kappa shape index (κ1) is 24.5. The number of anilines is 1. The average Bonchev–Trinajstić information content (AvgIpc) is 3.71. The van der Waals surface area contributed by atoms with Crippen molar-refractivity contribution < 1.29 is 13.2 Å². The number of benzene rings is 2. The molecule has 40 heavy (non-hydrogen) atoms. The summed E-state index contributed by atoms with van der Waals surface area (Å²) >= 11 is 0. The van der Waals surface area contributed by atoms with Crippen LogP contribution in [0.1, 0.15) is 18.4 Å². The number of likely N-dealkylation sites (tertiary alicyclic amines) is 1. The number of imidazole rings is 1. The molecule has 1 N–H and O–H groups in total. The van der Waals surface area contributed by atoms with E-state index in [0.717, 1.165) is 60.6 Å². The molecule has 8 nitrogen and oxygen atoms in total. The second kappa shape index (κ2) is 9.60. The van der Waals surface area contributed by atoms with Gasteiger partial charge < -0.3 is 10.2 Å². The first-order valence-electron chi connectivity index (χ1n) is 13.2. The van der Waals surface area contributed by atoms with Crippen LogP contribution >= 0.6 is 0 Å². The van der Waals surface area contributed by atoms with E-state index < -0.39 is 11.7 Å². The molecular formula is C29H25F3N8. The molecule has 1 saturated heterocycles. The predicted octanol–water partition coefficient (Wildman–Crippen LogP) is 5.81. The van der Waals surface area contributed by atoms with E-state index in [2.05, 4.69) is 30.4 Å². The standard InChI is InChI=1S/C29H25F3N8/c30-29(31,32)21-4-3-5-22(15-21)40-27-23-14-19(6-8-24(23)34-17-25(27)39-18-36-37-28(39)40)20-7-9-26(35-16-20)33-10-13-38-11-1-2-12-38/h3-9,14-18H,1-2,10-13H2,(H,33,35). The Labute approximate surface area is 227 Å². The highest BCUT2D eigenvalue weighted by Crippen LogP contribution is 2.35. The van der Waals surface area contributed by atoms with Gasteiger partial charge in [0.15, 0.2) is 0 Å². The van der Waals surface area contributed by atoms with Crippen molar-refractivity contribution in [2.45, 2.75) is 19.0 Å². The highest BCUT2D eigenvalue weighted by molar-refractivity contribution is 6.06. The zero-order valence-electron chi connectivity index (χ0n) is 21.4. The Balaban J connectivity index is 1.29. The maximum absolute atomic E-state index is 13.6. The van der Waals surface area contributed by atoms with E-state index in [1.54, 1.807) is 27.6 Å². The van der Waals surface area contributed by atoms with Gasteiger partial charge in [0, 0.05) is 35.9 Å². The molecule has 0 amide bonds. The summed E-state index contributed by atoms with van der Waals surface area (Å²) in [6, 6.07) is 15.1. The van der Waals surface area contributed by atoms with Crippen LogP contribution < -0.4 is 5.32 Å². The minimum absolute atomic E-state index is 0.340. The number of hydrogen-bond acceptors (Lipinski definition) is 6. The molecule has 0 saturated carbocycles. The minimum atomic E-state index is -4.47. The summed E-state index contributed by atoms with van der Waals surface area (Å²) in [5.74, 6) is 1.22. The Bertz CT molecular complexity index is 1830. The third-order valence-corrected chi connectivity index (χ3v) is 7.49. The molecular weight excluding hydrogens is 517 g/mol. The van der Waals surface area contributed by atoms with Crippen molar-refractivity contribution in [3.05, 3.63) is 78.9 Å². The number of rotatable bonds is 6. The zero-order chi connectivity index (χ0) is 27.3. The summed E-state index contributed by atoms with van der Waals surface area (Å²) < 4.78 is 44.2. The van der Waals surface area contributed by atoms with Crippen molar-refractivity contribution in [1.82, 2.24) is 34.0 Å². The van der Waals surface area contributed by atoms with E-state index >= 15 is 0 Å². The van der Waals surface area contributed by atoms with Crippen molar-refractivity contribution in [2.75, 3.05) is 31.5 Å². The van der Waals surface area contributed by atoms with Gasteiger partial charge in [-0.25, -0.2) is 4.98 Å². The quantitative estimate of drug-likeness (QED) is 0.286. The van der Waals surface area contributed by atoms with Crippen molar-refractivity contribution in [2.24, 2.45) is 0 Å². The van der Waals surface area contributed by atoms with Crippen molar-refractivity contribution in [3.8, 4) is 16.8 Å². The lowest BCUT2D eigenvalue weighted by Gasteiger charge is -2.15. The monoisotopic (exact) mass is 542 g/mol. The Kier molecular flexibility index (Phi) is 5.88. The third-order valence-electron chi connectivity index (χ3n) is 7.49. The number of nitrogens with zero attached hydrogens (tertiary/aromatic N) is 7. The zero-order valence-corrected chi connectivity index (χ0v) is 21.4. The summed E-state index contributed by atoms with van der Waals surface area (Å²) in [5, 5.41) is 12.4. The molecule has 11 heteroatoms. The number of halogens is 3. The lowest BCUT2D eigenvalue weighted by atomic mass is 10.0. The number of aromatic nitrogens is 6. The largest absolute Gasteiger partial charge is 0.416 e. The van der Waals surface area contributed by atoms with Crippen LogP contribution in [0, 0.1) is 0 Å². The summed E-state index contributed by atoms with van der Waals surface area (Å²) in [4.78, 5) is 11.7. The second-order valence-electron chi connectivity index (χ2n) is 10.0. The molecule has 7 rings (SSSR count). The third kappa shape index (κ3) is 4.32. The molecule has 0 spiro atoms. The average molecular weight is 543 g/mol. The maximum atomic E-state index is 13.6. The molecule has 1 fully saturated rings. The summed E-state index contributed by atoms with van der Waals surface area (Å²) in [7, 11) is 0. The Morgan fingerprint density at radius 1 is 0.900 bits per heavy atom. The maximum Gasteiger partial charge on any atom is 0.416 e. The van der Waals surface area contributed by atoms with Gasteiger partial charge in [-0.05, 0) is 74.0 Å². The molecule has 2 aromatic carbocycles. The van der Waals surface area contributed by atoms with Crippen LogP contribution in [-0.2, 0) is 6.18 Å². The molecule has 0 atom stereocenters. The fourth-order valence-electron chi connectivity index (χ4n) is 5.49. The van der Waals surface area contributed by atoms with E-state index in [9.17, 15) is 13.2 Å². The lowest BCUT2D eigenvalue weighted by Crippen LogP contribution is -2.26. The molecule has 1 aliphatic heterocycles. The Morgan fingerprint density at radius 2 is 1.75 bits per heavy atom. The molecule has 0 bridgehead atoms. The normalized spacial score (nSPS) is 14.6. The van der Waals surface area contributed by atoms with E-state index in [0.29, 0.717) is 28.0 Å². The molecule has 0 aliphatic carbocycles. The molecule has 1 aliphatic rings. The van der Waals surface area contributed by atoms with Gasteiger partial charge in [-0.2, -0.15) is 13.2 Å². The predicted molar refractivity (Wildman–Crippen MR) is 148 cm³/mol. The topological polar surface area (TPSA) is 76.2 Å². The van der Waals surface area contributed by atoms with Crippen LogP contribution in [0.2, 0.25) is 0 Å². The first-order chi connectivity index (χ1) is 19.5. The van der Waals surface area contributed by atoms with Crippen molar-refractivity contribution in [3.63, 3.8) is 0 Å². The van der Waals surface area contributed by atoms with E-state index in [-0.39, 0.29) is 0 Å². The van der Waals surface area contributed by atoms with Gasteiger partial charge in [0.2, 0.25) is 5.78 Å². The van der Waals surface area contributed by atoms with Gasteiger partial charge >= 0.3 is 6.18 Å². The van der Waals surface area contributed by atoms with Crippen molar-refractivity contribution >= 4 is 33.5 Å². The Hall–Kier alpha value is -4.51. The highest BCUT2D eigenvalue weighted by atomic mass is 19.4. The molecule has 6 aromatic rings. The van der Waals surface area contributed by atoms with E-state index in [1.807, 2.05) is 36.5 Å². The fourth-order valence-corrected chi connectivity index (χ4v) is 5.49. The van der Waals surface area contributed by atoms with E-state index in [4.69, 9.17) is 0 Å². The van der Waals surface area contributed by atoms with Crippen LogP contribution in [0.15, 0.2) is 73.3 Å². The van der Waals surface area contributed by atoms with Crippen LogP contribution in [0.5, 0.6) is 0 Å². The van der Waals surface area contributed by atoms with Gasteiger partial charge in [0.05, 0.1) is 28.3 Å². The summed E-state index contributed by atoms with van der Waals surface area (Å²) in [6.45, 7) is 4.17. The first-order valence-corrected chi connectivity index (χ1v) is 13.2. The van der Waals surface area contributed by atoms with Crippen molar-refractivity contribution in [1.29, 1.82) is 0 Å². The summed E-state index contributed by atoms with van der Waals surface area (Å²) in [5.41, 5.74) is 3.56. The molecule has 5 heterocycles. The van der Waals surface area contributed by atoms with Gasteiger partial charge in [-0.3, -0.25) is 14.0 Å². The number of hydrogen-bond donors (Lipinski definition) is 1. The fraction of sp³-hybridized carbons (Fsp3) is 0.241. The van der Waals surface area contributed by atoms with Crippen LogP contribution in [-0.4, -0.2) is 60.2 Å². The van der Waals surface area contributed by atoms with Gasteiger partial charge in [0.1, 0.15) is 12.1 Å². The highest BCUT2D eigenvalue weighted by Gasteiger charge is 2.31. The van der Waals surface area contributed by atoms with Gasteiger partial charge in [-0.15, -0.1) is 10.2 Å².